The molecule has 4 rings (SSSR count). The highest BCUT2D eigenvalue weighted by atomic mass is 32.2. The average Bonchev–Trinajstić information content (AvgIpc) is 3.03. The van der Waals surface area contributed by atoms with E-state index in [0.717, 1.165) is 28.1 Å². The normalized spacial score (nSPS) is 12.0. The van der Waals surface area contributed by atoms with Gasteiger partial charge in [0.25, 0.3) is 11.6 Å². The number of rotatable bonds is 13. The number of ether oxygens (including phenoxy) is 2. The lowest BCUT2D eigenvalue weighted by molar-refractivity contribution is -0.387. The number of hydrogen-bond donors (Lipinski definition) is 3. The number of thioether (sulfide) groups is 1. The number of hydrogen-bond acceptors (Lipinski definition) is 9. The van der Waals surface area contributed by atoms with E-state index in [2.05, 4.69) is 21.2 Å². The maximum atomic E-state index is 12.9. The van der Waals surface area contributed by atoms with E-state index in [4.69, 9.17) is 9.47 Å². The van der Waals surface area contributed by atoms with E-state index >= 15 is 0 Å². The summed E-state index contributed by atoms with van der Waals surface area (Å²) in [5, 5.41) is 23.1. The molecule has 4 aromatic rings. The zero-order valence-corrected chi connectivity index (χ0v) is 26.9. The summed E-state index contributed by atoms with van der Waals surface area (Å²) in [7, 11) is 0. The molecule has 0 spiro atoms. The van der Waals surface area contributed by atoms with Crippen molar-refractivity contribution in [2.75, 3.05) is 17.7 Å². The molecule has 0 fully saturated rings. The van der Waals surface area contributed by atoms with Crippen molar-refractivity contribution >= 4 is 58.0 Å². The number of fused-ring (bicyclic) bond motifs is 1. The Balaban J connectivity index is 1.35. The maximum Gasteiger partial charge on any atom is 0.408 e. The van der Waals surface area contributed by atoms with Gasteiger partial charge in [-0.15, -0.1) is 11.8 Å². The Hall–Kier alpha value is -5.27. The van der Waals surface area contributed by atoms with Gasteiger partial charge in [-0.25, -0.2) is 10.2 Å². The van der Waals surface area contributed by atoms with Crippen LogP contribution in [0.3, 0.4) is 0 Å². The van der Waals surface area contributed by atoms with Crippen LogP contribution in [0.15, 0.2) is 101 Å². The number of nitro benzene ring substituents is 1. The molecule has 0 aliphatic rings. The smallest absolute Gasteiger partial charge is 0.408 e. The first kappa shape index (κ1) is 34.6. The fourth-order valence-corrected chi connectivity index (χ4v) is 5.04. The van der Waals surface area contributed by atoms with Crippen molar-refractivity contribution in [1.82, 2.24) is 10.7 Å². The summed E-state index contributed by atoms with van der Waals surface area (Å²) in [6.07, 6.45) is 0.431. The monoisotopic (exact) mass is 657 g/mol. The van der Waals surface area contributed by atoms with Crippen LogP contribution < -0.4 is 16.1 Å². The highest BCUT2D eigenvalue weighted by Gasteiger charge is 2.25. The Bertz CT molecular complexity index is 1760. The van der Waals surface area contributed by atoms with Crippen molar-refractivity contribution in [3.8, 4) is 0 Å². The Morgan fingerprint density at radius 1 is 0.957 bits per heavy atom. The topological polar surface area (TPSA) is 161 Å². The van der Waals surface area contributed by atoms with Gasteiger partial charge in [0.05, 0.1) is 35.0 Å². The number of nitrogens with one attached hydrogen (secondary N) is 3. The van der Waals surface area contributed by atoms with E-state index in [-0.39, 0.29) is 30.6 Å². The van der Waals surface area contributed by atoms with Crippen molar-refractivity contribution in [2.45, 2.75) is 43.9 Å². The number of nitro groups is 1. The quantitative estimate of drug-likeness (QED) is 0.0679. The predicted octanol–water partition coefficient (Wildman–Crippen LogP) is 6.04. The average molecular weight is 658 g/mol. The van der Waals surface area contributed by atoms with Crippen LogP contribution in [0.25, 0.3) is 10.8 Å². The second-order valence-electron chi connectivity index (χ2n) is 11.3. The van der Waals surface area contributed by atoms with E-state index < -0.39 is 28.6 Å². The number of carbonyl (C=O) groups is 3. The largest absolute Gasteiger partial charge is 0.444 e. The van der Waals surface area contributed by atoms with Gasteiger partial charge in [0.1, 0.15) is 11.6 Å². The molecule has 3 N–H and O–H groups in total. The van der Waals surface area contributed by atoms with Gasteiger partial charge in [0, 0.05) is 17.3 Å². The fraction of sp³-hybridized carbons (Fsp3) is 0.235. The van der Waals surface area contributed by atoms with Gasteiger partial charge in [-0.2, -0.15) is 5.10 Å². The van der Waals surface area contributed by atoms with Crippen LogP contribution in [0.5, 0.6) is 0 Å². The molecule has 0 radical (unpaired) electrons. The van der Waals surface area contributed by atoms with Crippen LogP contribution in [-0.4, -0.2) is 53.0 Å². The minimum Gasteiger partial charge on any atom is -0.444 e. The van der Waals surface area contributed by atoms with Gasteiger partial charge in [-0.05, 0) is 55.3 Å². The third-order valence-corrected chi connectivity index (χ3v) is 7.43. The summed E-state index contributed by atoms with van der Waals surface area (Å²) in [5.41, 5.74) is 3.18. The summed E-state index contributed by atoms with van der Waals surface area (Å²) < 4.78 is 10.9. The third-order valence-electron chi connectivity index (χ3n) is 6.36. The molecule has 0 heterocycles. The minimum atomic E-state index is -1.14. The number of benzene rings is 4. The molecule has 13 heteroatoms. The zero-order valence-electron chi connectivity index (χ0n) is 26.1. The summed E-state index contributed by atoms with van der Waals surface area (Å²) in [6.45, 7) is 5.13. The molecule has 47 heavy (non-hydrogen) atoms. The molecule has 0 bridgehead atoms. The fourth-order valence-electron chi connectivity index (χ4n) is 4.24. The van der Waals surface area contributed by atoms with E-state index in [9.17, 15) is 24.5 Å². The lowest BCUT2D eigenvalue weighted by Crippen LogP contribution is -2.49. The highest BCUT2D eigenvalue weighted by molar-refractivity contribution is 8.00. The molecule has 0 unspecified atom stereocenters. The van der Waals surface area contributed by atoms with Crippen LogP contribution in [0.2, 0.25) is 0 Å². The SMILES string of the molecule is CC(C)(C)OC(=O)N[C@@H](COCc1ccccc1)C(=O)N/N=C\c1ccc(SCC(=O)Nc2ccc3ccccc3c2)c([N+](=O)[O-])c1. The van der Waals surface area contributed by atoms with Gasteiger partial charge in [0.2, 0.25) is 5.91 Å². The molecular formula is C34H35N5O7S. The summed E-state index contributed by atoms with van der Waals surface area (Å²) >= 11 is 1.03. The van der Waals surface area contributed by atoms with E-state index in [1.807, 2.05) is 66.7 Å². The molecule has 3 amide bonds. The lowest BCUT2D eigenvalue weighted by atomic mass is 10.1. The summed E-state index contributed by atoms with van der Waals surface area (Å²) in [5.74, 6) is -1.04. The molecule has 244 valence electrons. The Morgan fingerprint density at radius 2 is 1.68 bits per heavy atom. The third kappa shape index (κ3) is 11.2. The Morgan fingerprint density at radius 3 is 2.40 bits per heavy atom. The maximum absolute atomic E-state index is 12.9. The first-order valence-electron chi connectivity index (χ1n) is 14.6. The number of carbonyl (C=O) groups excluding carboxylic acids is 3. The first-order valence-corrected chi connectivity index (χ1v) is 15.6. The van der Waals surface area contributed by atoms with Crippen LogP contribution >= 0.6 is 11.8 Å². The lowest BCUT2D eigenvalue weighted by Gasteiger charge is -2.22. The van der Waals surface area contributed by atoms with Crippen molar-refractivity contribution in [3.05, 3.63) is 112 Å². The molecule has 1 atom stereocenters. The molecule has 0 saturated heterocycles. The van der Waals surface area contributed by atoms with Crippen LogP contribution in [0.1, 0.15) is 31.9 Å². The van der Waals surface area contributed by atoms with Crippen LogP contribution in [0, 0.1) is 10.1 Å². The molecular weight excluding hydrogens is 622 g/mol. The second-order valence-corrected chi connectivity index (χ2v) is 12.3. The van der Waals surface area contributed by atoms with E-state index in [1.54, 1.807) is 32.9 Å². The molecule has 0 saturated carbocycles. The molecule has 0 aromatic heterocycles. The first-order chi connectivity index (χ1) is 22.5. The van der Waals surface area contributed by atoms with Gasteiger partial charge >= 0.3 is 6.09 Å². The van der Waals surface area contributed by atoms with Crippen LogP contribution in [-0.2, 0) is 25.7 Å². The van der Waals surface area contributed by atoms with Gasteiger partial charge in [-0.3, -0.25) is 19.7 Å². The number of hydrazone groups is 1. The second kappa shape index (κ2) is 16.3. The number of amides is 3. The molecule has 12 nitrogen and oxygen atoms in total. The van der Waals surface area contributed by atoms with Crippen LogP contribution in [0.4, 0.5) is 16.2 Å². The summed E-state index contributed by atoms with van der Waals surface area (Å²) in [6, 6.07) is 25.9. The van der Waals surface area contributed by atoms with Gasteiger partial charge in [0.15, 0.2) is 0 Å². The number of anilines is 1. The molecule has 0 aliphatic heterocycles. The van der Waals surface area contributed by atoms with E-state index in [0.29, 0.717) is 16.1 Å². The summed E-state index contributed by atoms with van der Waals surface area (Å²) in [4.78, 5) is 49.5. The minimum absolute atomic E-state index is 0.0461. The predicted molar refractivity (Wildman–Crippen MR) is 181 cm³/mol. The van der Waals surface area contributed by atoms with Crippen molar-refractivity contribution in [1.29, 1.82) is 0 Å². The van der Waals surface area contributed by atoms with Crippen molar-refractivity contribution < 1.29 is 28.8 Å². The highest BCUT2D eigenvalue weighted by Crippen LogP contribution is 2.30. The zero-order chi connectivity index (χ0) is 33.8. The van der Waals surface area contributed by atoms with Gasteiger partial charge < -0.3 is 20.1 Å². The number of nitrogens with zero attached hydrogens (tertiary/aromatic N) is 2. The Labute approximate surface area is 276 Å². The van der Waals surface area contributed by atoms with Crippen molar-refractivity contribution in [2.24, 2.45) is 5.10 Å². The van der Waals surface area contributed by atoms with Crippen molar-refractivity contribution in [3.63, 3.8) is 0 Å². The molecule has 0 aliphatic carbocycles. The number of alkyl carbamates (subject to hydrolysis) is 1. The standard InChI is InChI=1S/C34H35N5O7S/c1-34(2,3)46-33(42)37-28(21-45-20-23-9-5-4-6-10-23)32(41)38-35-19-24-13-16-30(29(17-24)39(43)44)47-22-31(40)36-27-15-14-25-11-7-8-12-26(25)18-27/h4-19,28H,20-22H2,1-3H3,(H,36,40)(H,37,42)(H,38,41)/b35-19-/t28-/m0/s1. The Kier molecular flexibility index (Phi) is 12.0. The van der Waals surface area contributed by atoms with E-state index in [1.165, 1.54) is 18.3 Å². The van der Waals surface area contributed by atoms with Gasteiger partial charge in [-0.1, -0.05) is 66.7 Å². The molecule has 4 aromatic carbocycles.